The zero-order valence-electron chi connectivity index (χ0n) is 15.2. The van der Waals surface area contributed by atoms with Gasteiger partial charge in [0.05, 0.1) is 16.1 Å². The Kier molecular flexibility index (Phi) is 5.86. The van der Waals surface area contributed by atoms with Gasteiger partial charge >= 0.3 is 6.03 Å². The van der Waals surface area contributed by atoms with E-state index in [1.165, 1.54) is 31.4 Å². The minimum Gasteiger partial charge on any atom is -0.345 e. The second-order valence-electron chi connectivity index (χ2n) is 7.04. The molecule has 28 heavy (non-hydrogen) atoms. The third kappa shape index (κ3) is 4.10. The van der Waals surface area contributed by atoms with Gasteiger partial charge in [-0.15, -0.1) is 0 Å². The van der Waals surface area contributed by atoms with Crippen molar-refractivity contribution in [1.82, 2.24) is 15.5 Å². The Labute approximate surface area is 171 Å². The summed E-state index contributed by atoms with van der Waals surface area (Å²) in [4.78, 5) is 36.1. The van der Waals surface area contributed by atoms with Gasteiger partial charge in [0.2, 0.25) is 5.91 Å². The number of benzene rings is 1. The van der Waals surface area contributed by atoms with E-state index < -0.39 is 35.8 Å². The predicted octanol–water partition coefficient (Wildman–Crippen LogP) is 2.15. The Morgan fingerprint density at radius 3 is 2.36 bits per heavy atom. The van der Waals surface area contributed by atoms with E-state index in [0.717, 1.165) is 4.90 Å². The van der Waals surface area contributed by atoms with Gasteiger partial charge in [-0.1, -0.05) is 42.5 Å². The van der Waals surface area contributed by atoms with E-state index in [9.17, 15) is 24.6 Å². The highest BCUT2D eigenvalue weighted by Crippen LogP contribution is 2.46. The largest absolute Gasteiger partial charge is 0.345 e. The Morgan fingerprint density at radius 1 is 1.21 bits per heavy atom. The molecule has 1 saturated heterocycles. The quantitative estimate of drug-likeness (QED) is 0.433. The van der Waals surface area contributed by atoms with Crippen LogP contribution in [0.25, 0.3) is 0 Å². The van der Waals surface area contributed by atoms with Crippen LogP contribution < -0.4 is 10.6 Å². The predicted molar refractivity (Wildman–Crippen MR) is 101 cm³/mol. The van der Waals surface area contributed by atoms with Crippen LogP contribution in [0.3, 0.4) is 0 Å². The summed E-state index contributed by atoms with van der Waals surface area (Å²) in [6.07, 6.45) is 4.37. The maximum Gasteiger partial charge on any atom is 0.322 e. The SMILES string of the molecule is C1CC1.CC1c2cc(Cl)c(Cl)cc2C(O)(O)N1C(=O)CCC1NC(=O)NC1=O. The number of carbonyl (C=O) groups excluding carboxylic acids is 3. The van der Waals surface area contributed by atoms with E-state index in [1.807, 2.05) is 0 Å². The van der Waals surface area contributed by atoms with Gasteiger partial charge in [0.1, 0.15) is 6.04 Å². The second kappa shape index (κ2) is 7.87. The monoisotopic (exact) mass is 429 g/mol. The minimum absolute atomic E-state index is 0.0353. The van der Waals surface area contributed by atoms with Crippen LogP contribution in [0.2, 0.25) is 10.0 Å². The van der Waals surface area contributed by atoms with Crippen molar-refractivity contribution in [2.45, 2.75) is 57.0 Å². The lowest BCUT2D eigenvalue weighted by molar-refractivity contribution is -0.266. The number of nitrogens with one attached hydrogen (secondary N) is 2. The zero-order chi connectivity index (χ0) is 20.6. The van der Waals surface area contributed by atoms with E-state index in [1.54, 1.807) is 6.92 Å². The molecule has 3 aliphatic rings. The number of nitrogens with zero attached hydrogens (tertiary/aromatic N) is 1. The number of hydrogen-bond donors (Lipinski definition) is 4. The second-order valence-corrected chi connectivity index (χ2v) is 7.86. The minimum atomic E-state index is -2.54. The fourth-order valence-electron chi connectivity index (χ4n) is 3.18. The molecule has 1 aromatic carbocycles. The molecule has 152 valence electrons. The first-order valence-electron chi connectivity index (χ1n) is 9.00. The fraction of sp³-hybridized carbons (Fsp3) is 0.500. The van der Waals surface area contributed by atoms with Crippen molar-refractivity contribution >= 4 is 41.0 Å². The molecule has 0 spiro atoms. The average molecular weight is 430 g/mol. The third-order valence-electron chi connectivity index (χ3n) is 4.75. The molecule has 4 N–H and O–H groups in total. The van der Waals surface area contributed by atoms with Crippen LogP contribution in [-0.2, 0) is 15.5 Å². The highest BCUT2D eigenvalue weighted by molar-refractivity contribution is 6.42. The first kappa shape index (κ1) is 20.9. The number of imide groups is 1. The summed E-state index contributed by atoms with van der Waals surface area (Å²) in [5.74, 6) is -3.65. The number of carbonyl (C=O) groups is 3. The Bertz CT molecular complexity index is 825. The molecule has 8 nitrogen and oxygen atoms in total. The number of rotatable bonds is 3. The molecule has 4 amide bonds. The van der Waals surface area contributed by atoms with Crippen LogP contribution >= 0.6 is 23.2 Å². The van der Waals surface area contributed by atoms with Crippen molar-refractivity contribution in [3.63, 3.8) is 0 Å². The highest BCUT2D eigenvalue weighted by atomic mass is 35.5. The van der Waals surface area contributed by atoms with Crippen LogP contribution in [0.1, 0.15) is 56.2 Å². The summed E-state index contributed by atoms with van der Waals surface area (Å²) < 4.78 is 0. The maximum atomic E-state index is 12.6. The number of hydrogen-bond acceptors (Lipinski definition) is 5. The van der Waals surface area contributed by atoms with Crippen LogP contribution in [0.15, 0.2) is 12.1 Å². The normalized spacial score (nSPS) is 24.1. The van der Waals surface area contributed by atoms with Crippen molar-refractivity contribution in [3.8, 4) is 0 Å². The van der Waals surface area contributed by atoms with Gasteiger partial charge in [-0.2, -0.15) is 0 Å². The Hall–Kier alpha value is -1.87. The van der Waals surface area contributed by atoms with Crippen LogP contribution in [0.4, 0.5) is 4.79 Å². The van der Waals surface area contributed by atoms with Gasteiger partial charge in [-0.3, -0.25) is 19.8 Å². The number of amides is 4. The van der Waals surface area contributed by atoms with E-state index >= 15 is 0 Å². The summed E-state index contributed by atoms with van der Waals surface area (Å²) >= 11 is 11.9. The molecule has 0 radical (unpaired) electrons. The lowest BCUT2D eigenvalue weighted by Crippen LogP contribution is -2.46. The van der Waals surface area contributed by atoms with E-state index in [4.69, 9.17) is 23.2 Å². The summed E-state index contributed by atoms with van der Waals surface area (Å²) in [7, 11) is 0. The molecule has 2 heterocycles. The molecule has 1 aromatic rings. The topological polar surface area (TPSA) is 119 Å². The lowest BCUT2D eigenvalue weighted by atomic mass is 10.0. The number of fused-ring (bicyclic) bond motifs is 1. The molecule has 2 unspecified atom stereocenters. The third-order valence-corrected chi connectivity index (χ3v) is 5.48. The summed E-state index contributed by atoms with van der Waals surface area (Å²) in [5.41, 5.74) is 0.550. The van der Waals surface area contributed by atoms with Crippen LogP contribution in [0.5, 0.6) is 0 Å². The van der Waals surface area contributed by atoms with Gasteiger partial charge < -0.3 is 15.5 Å². The highest BCUT2D eigenvalue weighted by Gasteiger charge is 2.49. The zero-order valence-corrected chi connectivity index (χ0v) is 16.7. The van der Waals surface area contributed by atoms with Gasteiger partial charge in [0, 0.05) is 12.0 Å². The maximum absolute atomic E-state index is 12.6. The molecular weight excluding hydrogens is 409 g/mol. The molecule has 2 aliphatic heterocycles. The summed E-state index contributed by atoms with van der Waals surface area (Å²) in [6, 6.07) is 0.704. The molecular formula is C18H21Cl2N3O5. The molecule has 4 rings (SSSR count). The molecule has 0 aromatic heterocycles. The molecule has 10 heteroatoms. The summed E-state index contributed by atoms with van der Waals surface area (Å²) in [5, 5.41) is 25.7. The van der Waals surface area contributed by atoms with E-state index in [-0.39, 0.29) is 28.5 Å². The smallest absolute Gasteiger partial charge is 0.322 e. The molecule has 1 aliphatic carbocycles. The average Bonchev–Trinajstić information content (AvgIpc) is 3.43. The Morgan fingerprint density at radius 2 is 1.82 bits per heavy atom. The Balaban J connectivity index is 0.000000684. The molecule has 2 atom stereocenters. The van der Waals surface area contributed by atoms with Crippen molar-refractivity contribution in [3.05, 3.63) is 33.3 Å². The molecule has 0 bridgehead atoms. The first-order chi connectivity index (χ1) is 13.1. The van der Waals surface area contributed by atoms with Crippen LogP contribution in [0, 0.1) is 0 Å². The lowest BCUT2D eigenvalue weighted by Gasteiger charge is -2.32. The molecule has 1 saturated carbocycles. The van der Waals surface area contributed by atoms with Gasteiger partial charge in [0.15, 0.2) is 0 Å². The number of halogens is 2. The van der Waals surface area contributed by atoms with Crippen molar-refractivity contribution < 1.29 is 24.6 Å². The standard InChI is InChI=1S/C15H15Cl2N3O5.C3H6/c1-6-7-4-9(16)10(17)5-8(7)15(24,25)20(6)12(21)3-2-11-13(22)19-14(23)18-11;1-2-3-1/h4-6,11,24-25H,2-3H2,1H3,(H2,18,19,22,23);1-3H2. The first-order valence-corrected chi connectivity index (χ1v) is 9.76. The summed E-state index contributed by atoms with van der Waals surface area (Å²) in [6.45, 7) is 1.62. The molecule has 2 fully saturated rings. The van der Waals surface area contributed by atoms with Gasteiger partial charge in [0.25, 0.3) is 11.8 Å². The van der Waals surface area contributed by atoms with Crippen molar-refractivity contribution in [2.24, 2.45) is 0 Å². The fourth-order valence-corrected chi connectivity index (χ4v) is 3.51. The van der Waals surface area contributed by atoms with Crippen molar-refractivity contribution in [2.75, 3.05) is 0 Å². The number of urea groups is 1. The van der Waals surface area contributed by atoms with E-state index in [2.05, 4.69) is 10.6 Å². The van der Waals surface area contributed by atoms with E-state index in [0.29, 0.717) is 5.56 Å². The van der Waals surface area contributed by atoms with Crippen molar-refractivity contribution in [1.29, 1.82) is 0 Å². The van der Waals surface area contributed by atoms with Gasteiger partial charge in [-0.25, -0.2) is 4.79 Å². The van der Waals surface area contributed by atoms with Gasteiger partial charge in [-0.05, 0) is 31.0 Å². The van der Waals surface area contributed by atoms with Crippen LogP contribution in [-0.4, -0.2) is 39.0 Å². The number of aliphatic hydroxyl groups is 2.